The minimum absolute atomic E-state index is 0.0602. The van der Waals surface area contributed by atoms with Crippen molar-refractivity contribution in [1.29, 1.82) is 0 Å². The molecule has 0 aromatic carbocycles. The molecule has 0 radical (unpaired) electrons. The molecule has 0 atom stereocenters. The fraction of sp³-hybridized carbons (Fsp3) is 0.571. The Hall–Kier alpha value is -1.58. The first kappa shape index (κ1) is 12.9. The van der Waals surface area contributed by atoms with Crippen molar-refractivity contribution in [1.82, 2.24) is 4.57 Å². The second-order valence-corrected chi connectivity index (χ2v) is 5.14. The van der Waals surface area contributed by atoms with Gasteiger partial charge in [0.1, 0.15) is 5.69 Å². The summed E-state index contributed by atoms with van der Waals surface area (Å²) in [6.07, 6.45) is 8.13. The van der Waals surface area contributed by atoms with Gasteiger partial charge in [0.05, 0.1) is 0 Å². The molecule has 0 spiro atoms. The van der Waals surface area contributed by atoms with Crippen molar-refractivity contribution in [3.8, 4) is 0 Å². The van der Waals surface area contributed by atoms with Gasteiger partial charge in [-0.25, -0.2) is 4.79 Å². The Kier molecular flexibility index (Phi) is 3.84. The molecular formula is C14H19NO3. The Balaban J connectivity index is 1.95. The van der Waals surface area contributed by atoms with Crippen molar-refractivity contribution < 1.29 is 14.7 Å². The Labute approximate surface area is 107 Å². The summed E-state index contributed by atoms with van der Waals surface area (Å²) in [5, 5.41) is 8.93. The molecule has 4 nitrogen and oxygen atoms in total. The van der Waals surface area contributed by atoms with Gasteiger partial charge < -0.3 is 9.67 Å². The van der Waals surface area contributed by atoms with Gasteiger partial charge in [-0.3, -0.25) is 4.79 Å². The highest BCUT2D eigenvalue weighted by Gasteiger charge is 2.18. The van der Waals surface area contributed by atoms with Gasteiger partial charge in [0, 0.05) is 25.2 Å². The molecule has 18 heavy (non-hydrogen) atoms. The molecule has 1 aromatic rings. The van der Waals surface area contributed by atoms with Crippen LogP contribution in [0.4, 0.5) is 0 Å². The Bertz CT molecular complexity index is 456. The number of carboxylic acids is 1. The van der Waals surface area contributed by atoms with E-state index in [0.29, 0.717) is 17.9 Å². The van der Waals surface area contributed by atoms with Gasteiger partial charge in [-0.15, -0.1) is 0 Å². The summed E-state index contributed by atoms with van der Waals surface area (Å²) in [4.78, 5) is 22.9. The minimum Gasteiger partial charge on any atom is -0.477 e. The molecule has 1 fully saturated rings. The molecule has 1 N–H and O–H groups in total. The molecule has 0 unspecified atom stereocenters. The summed E-state index contributed by atoms with van der Waals surface area (Å²) in [6, 6.07) is 1.47. The third kappa shape index (κ3) is 2.81. The number of hydrogen-bond donors (Lipinski definition) is 1. The average Bonchev–Trinajstić information content (AvgIpc) is 2.94. The predicted octanol–water partition coefficient (Wildman–Crippen LogP) is 2.88. The van der Waals surface area contributed by atoms with Crippen LogP contribution in [-0.4, -0.2) is 21.4 Å². The van der Waals surface area contributed by atoms with E-state index in [1.807, 2.05) is 0 Å². The van der Waals surface area contributed by atoms with E-state index in [1.54, 1.807) is 13.2 Å². The Morgan fingerprint density at radius 1 is 1.39 bits per heavy atom. The summed E-state index contributed by atoms with van der Waals surface area (Å²) in [5.41, 5.74) is 0.687. The molecule has 0 amide bonds. The molecule has 0 saturated heterocycles. The lowest BCUT2D eigenvalue weighted by atomic mass is 9.98. The first-order chi connectivity index (χ1) is 8.58. The van der Waals surface area contributed by atoms with Crippen LogP contribution in [0, 0.1) is 5.92 Å². The summed E-state index contributed by atoms with van der Waals surface area (Å²) in [6.45, 7) is 0. The number of nitrogens with zero attached hydrogens (tertiary/aromatic N) is 1. The molecule has 1 aliphatic rings. The highest BCUT2D eigenvalue weighted by atomic mass is 16.4. The van der Waals surface area contributed by atoms with Gasteiger partial charge in [-0.1, -0.05) is 25.7 Å². The van der Waals surface area contributed by atoms with Crippen molar-refractivity contribution in [2.24, 2.45) is 13.0 Å². The lowest BCUT2D eigenvalue weighted by Crippen LogP contribution is -2.02. The van der Waals surface area contributed by atoms with E-state index in [9.17, 15) is 9.59 Å². The normalized spacial score (nSPS) is 16.1. The van der Waals surface area contributed by atoms with Crippen molar-refractivity contribution in [3.05, 3.63) is 23.5 Å². The first-order valence-electron chi connectivity index (χ1n) is 6.51. The maximum absolute atomic E-state index is 12.0. The zero-order chi connectivity index (χ0) is 13.1. The van der Waals surface area contributed by atoms with E-state index in [4.69, 9.17) is 5.11 Å². The van der Waals surface area contributed by atoms with E-state index >= 15 is 0 Å². The van der Waals surface area contributed by atoms with Crippen LogP contribution in [0.25, 0.3) is 0 Å². The van der Waals surface area contributed by atoms with Crippen molar-refractivity contribution in [2.45, 2.75) is 38.5 Å². The number of aryl methyl sites for hydroxylation is 1. The number of ketones is 1. The topological polar surface area (TPSA) is 59.3 Å². The lowest BCUT2D eigenvalue weighted by Gasteiger charge is -2.06. The van der Waals surface area contributed by atoms with Gasteiger partial charge in [-0.05, 0) is 18.4 Å². The summed E-state index contributed by atoms with van der Waals surface area (Å²) < 4.78 is 1.49. The van der Waals surface area contributed by atoms with E-state index in [0.717, 1.165) is 6.42 Å². The molecule has 2 rings (SSSR count). The molecule has 1 aromatic heterocycles. The van der Waals surface area contributed by atoms with Crippen LogP contribution in [0.1, 0.15) is 59.4 Å². The van der Waals surface area contributed by atoms with E-state index in [2.05, 4.69) is 0 Å². The molecule has 98 valence electrons. The van der Waals surface area contributed by atoms with Crippen LogP contribution in [0.2, 0.25) is 0 Å². The third-order valence-electron chi connectivity index (χ3n) is 3.80. The standard InChI is InChI=1S/C14H19NO3/c1-15-9-11(8-12(15)14(17)18)13(16)7-6-10-4-2-3-5-10/h8-10H,2-7H2,1H3,(H,17,18). The van der Waals surface area contributed by atoms with Crippen LogP contribution in [0.3, 0.4) is 0 Å². The van der Waals surface area contributed by atoms with Gasteiger partial charge in [0.25, 0.3) is 0 Å². The van der Waals surface area contributed by atoms with Crippen LogP contribution < -0.4 is 0 Å². The van der Waals surface area contributed by atoms with Crippen LogP contribution >= 0.6 is 0 Å². The average molecular weight is 249 g/mol. The van der Waals surface area contributed by atoms with Crippen molar-refractivity contribution >= 4 is 11.8 Å². The lowest BCUT2D eigenvalue weighted by molar-refractivity contribution is 0.0686. The largest absolute Gasteiger partial charge is 0.477 e. The number of carbonyl (C=O) groups is 2. The minimum atomic E-state index is -0.993. The molecule has 1 saturated carbocycles. The maximum Gasteiger partial charge on any atom is 0.352 e. The summed E-state index contributed by atoms with van der Waals surface area (Å²) >= 11 is 0. The van der Waals surface area contributed by atoms with Crippen LogP contribution in [0.5, 0.6) is 0 Å². The van der Waals surface area contributed by atoms with E-state index < -0.39 is 5.97 Å². The third-order valence-corrected chi connectivity index (χ3v) is 3.80. The second kappa shape index (κ2) is 5.38. The zero-order valence-electron chi connectivity index (χ0n) is 10.7. The summed E-state index contributed by atoms with van der Waals surface area (Å²) in [5.74, 6) is -0.242. The fourth-order valence-corrected chi connectivity index (χ4v) is 2.71. The van der Waals surface area contributed by atoms with Crippen molar-refractivity contribution in [3.63, 3.8) is 0 Å². The first-order valence-corrected chi connectivity index (χ1v) is 6.51. The number of aromatic nitrogens is 1. The number of aromatic carboxylic acids is 1. The van der Waals surface area contributed by atoms with Gasteiger partial charge >= 0.3 is 5.97 Å². The monoisotopic (exact) mass is 249 g/mol. The Morgan fingerprint density at radius 3 is 2.61 bits per heavy atom. The molecular weight excluding hydrogens is 230 g/mol. The molecule has 0 bridgehead atoms. The molecule has 4 heteroatoms. The van der Waals surface area contributed by atoms with E-state index in [1.165, 1.54) is 36.3 Å². The van der Waals surface area contributed by atoms with Crippen LogP contribution in [0.15, 0.2) is 12.3 Å². The highest BCUT2D eigenvalue weighted by molar-refractivity contribution is 5.98. The van der Waals surface area contributed by atoms with Gasteiger partial charge in [0.15, 0.2) is 5.78 Å². The van der Waals surface area contributed by atoms with Gasteiger partial charge in [0.2, 0.25) is 0 Å². The van der Waals surface area contributed by atoms with Crippen LogP contribution in [-0.2, 0) is 7.05 Å². The highest BCUT2D eigenvalue weighted by Crippen LogP contribution is 2.29. The Morgan fingerprint density at radius 2 is 2.06 bits per heavy atom. The number of Topliss-reactive ketones (excluding diaryl/α,β-unsaturated/α-hetero) is 1. The maximum atomic E-state index is 12.0. The molecule has 0 aliphatic heterocycles. The quantitative estimate of drug-likeness (QED) is 0.816. The summed E-state index contributed by atoms with van der Waals surface area (Å²) in [7, 11) is 1.65. The zero-order valence-corrected chi connectivity index (χ0v) is 10.7. The molecule has 1 aliphatic carbocycles. The second-order valence-electron chi connectivity index (χ2n) is 5.14. The number of rotatable bonds is 5. The fourth-order valence-electron chi connectivity index (χ4n) is 2.71. The number of carboxylic acid groups (broad SMARTS) is 1. The van der Waals surface area contributed by atoms with Crippen molar-refractivity contribution in [2.75, 3.05) is 0 Å². The number of hydrogen-bond acceptors (Lipinski definition) is 2. The smallest absolute Gasteiger partial charge is 0.352 e. The predicted molar refractivity (Wildman–Crippen MR) is 67.9 cm³/mol. The molecule has 1 heterocycles. The number of carbonyl (C=O) groups excluding carboxylic acids is 1. The SMILES string of the molecule is Cn1cc(C(=O)CCC2CCCC2)cc1C(=O)O. The van der Waals surface area contributed by atoms with Gasteiger partial charge in [-0.2, -0.15) is 0 Å². The van der Waals surface area contributed by atoms with E-state index in [-0.39, 0.29) is 11.5 Å².